The Hall–Kier alpha value is -2.22. The minimum atomic E-state index is -2.06. The number of ether oxygens (including phenoxy) is 2. The lowest BCUT2D eigenvalue weighted by Crippen LogP contribution is -2.71. The monoisotopic (exact) mass is 478 g/mol. The molecule has 190 valence electrons. The number of rotatable bonds is 5. The number of cyclic esters (lactones) is 1. The Kier molecular flexibility index (Phi) is 6.13. The molecule has 0 aromatic rings. The summed E-state index contributed by atoms with van der Waals surface area (Å²) in [5, 5.41) is 20.5. The molecule has 0 spiro atoms. The minimum Gasteiger partial charge on any atom is -0.481 e. The molecule has 3 aliphatic rings. The van der Waals surface area contributed by atoms with Crippen LogP contribution >= 0.6 is 0 Å². The number of aliphatic carboxylic acids is 1. The van der Waals surface area contributed by atoms with Crippen molar-refractivity contribution in [2.75, 3.05) is 7.11 Å². The summed E-state index contributed by atoms with van der Waals surface area (Å²) >= 11 is 0. The summed E-state index contributed by atoms with van der Waals surface area (Å²) in [7, 11) is 1.14. The van der Waals surface area contributed by atoms with Crippen LogP contribution in [0.25, 0.3) is 0 Å². The van der Waals surface area contributed by atoms with Gasteiger partial charge in [0.2, 0.25) is 0 Å². The average molecular weight is 479 g/mol. The summed E-state index contributed by atoms with van der Waals surface area (Å²) in [6, 6.07) is 0. The second-order valence-corrected chi connectivity index (χ2v) is 11.9. The summed E-state index contributed by atoms with van der Waals surface area (Å²) in [6.45, 7) is 14.6. The first-order valence-electron chi connectivity index (χ1n) is 11.9. The second-order valence-electron chi connectivity index (χ2n) is 11.9. The van der Waals surface area contributed by atoms with Crippen molar-refractivity contribution in [3.63, 3.8) is 0 Å². The normalized spacial score (nSPS) is 42.4. The lowest BCUT2D eigenvalue weighted by molar-refractivity contribution is -0.225. The summed E-state index contributed by atoms with van der Waals surface area (Å²) < 4.78 is 10.3. The third-order valence-corrected chi connectivity index (χ3v) is 9.53. The number of methoxy groups -OCH3 is 1. The van der Waals surface area contributed by atoms with E-state index in [-0.39, 0.29) is 18.3 Å². The van der Waals surface area contributed by atoms with E-state index in [0.717, 1.165) is 7.11 Å². The number of hydrogen-bond donors (Lipinski definition) is 2. The van der Waals surface area contributed by atoms with Crippen molar-refractivity contribution in [2.45, 2.75) is 84.8 Å². The number of carbonyl (C=O) groups excluding carboxylic acids is 3. The predicted molar refractivity (Wildman–Crippen MR) is 122 cm³/mol. The summed E-state index contributed by atoms with van der Waals surface area (Å²) in [5.41, 5.74) is -5.30. The fourth-order valence-electron chi connectivity index (χ4n) is 7.90. The van der Waals surface area contributed by atoms with Crippen LogP contribution in [0.5, 0.6) is 0 Å². The molecule has 0 unspecified atom stereocenters. The third-order valence-electron chi connectivity index (χ3n) is 9.53. The van der Waals surface area contributed by atoms with Gasteiger partial charge in [0.1, 0.15) is 0 Å². The molecule has 0 aromatic carbocycles. The van der Waals surface area contributed by atoms with E-state index in [9.17, 15) is 29.4 Å². The number of hydrogen-bond acceptors (Lipinski definition) is 7. The van der Waals surface area contributed by atoms with Crippen LogP contribution in [0.15, 0.2) is 12.2 Å². The highest BCUT2D eigenvalue weighted by Gasteiger charge is 2.73. The topological polar surface area (TPSA) is 127 Å². The molecule has 8 heteroatoms. The lowest BCUT2D eigenvalue weighted by Gasteiger charge is -2.66. The van der Waals surface area contributed by atoms with Crippen molar-refractivity contribution in [3.05, 3.63) is 12.2 Å². The van der Waals surface area contributed by atoms with Crippen molar-refractivity contribution < 1.29 is 38.9 Å². The van der Waals surface area contributed by atoms with E-state index < -0.39 is 57.1 Å². The highest BCUT2D eigenvalue weighted by Crippen LogP contribution is 2.70. The smallest absolute Gasteiger partial charge is 0.358 e. The predicted octanol–water partition coefficient (Wildman–Crippen LogP) is 3.30. The van der Waals surface area contributed by atoms with E-state index in [0.29, 0.717) is 31.3 Å². The van der Waals surface area contributed by atoms with Gasteiger partial charge >= 0.3 is 17.9 Å². The number of carboxylic acid groups (broad SMARTS) is 1. The molecule has 3 rings (SSSR count). The molecule has 1 saturated heterocycles. The molecule has 3 fully saturated rings. The Labute approximate surface area is 201 Å². The first-order valence-corrected chi connectivity index (χ1v) is 11.9. The number of aliphatic hydroxyl groups is 1. The van der Waals surface area contributed by atoms with Crippen molar-refractivity contribution in [2.24, 2.45) is 34.0 Å². The first-order chi connectivity index (χ1) is 15.4. The SMILES string of the molecule is C=C1C[C@H]2[C@](C)(CC[C@@H](C(C)(C)O)[C@@]2(C)CCC(=O)O)[C@@H]2C(=O)O[C@](C)(C(=O)OC)C(=O)[C@@]12C. The molecular weight excluding hydrogens is 440 g/mol. The molecule has 2 N–H and O–H groups in total. The van der Waals surface area contributed by atoms with Crippen molar-refractivity contribution in [1.29, 1.82) is 0 Å². The van der Waals surface area contributed by atoms with Gasteiger partial charge in [0.15, 0.2) is 5.78 Å². The Morgan fingerprint density at radius 1 is 1.21 bits per heavy atom. The molecule has 2 saturated carbocycles. The van der Waals surface area contributed by atoms with Gasteiger partial charge < -0.3 is 19.7 Å². The largest absolute Gasteiger partial charge is 0.481 e. The van der Waals surface area contributed by atoms with Crippen molar-refractivity contribution in [3.8, 4) is 0 Å². The van der Waals surface area contributed by atoms with E-state index in [2.05, 4.69) is 6.58 Å². The minimum absolute atomic E-state index is 0.0755. The van der Waals surface area contributed by atoms with Crippen LogP contribution in [0, 0.1) is 34.0 Å². The maximum Gasteiger partial charge on any atom is 0.358 e. The molecule has 0 bridgehead atoms. The third kappa shape index (κ3) is 3.43. The second kappa shape index (κ2) is 7.90. The molecule has 8 nitrogen and oxygen atoms in total. The zero-order chi connectivity index (χ0) is 26.1. The number of carboxylic acids is 1. The molecular formula is C26H38O8. The maximum absolute atomic E-state index is 13.8. The van der Waals surface area contributed by atoms with Gasteiger partial charge in [-0.15, -0.1) is 0 Å². The number of ketones is 1. The number of esters is 2. The highest BCUT2D eigenvalue weighted by atomic mass is 16.6. The number of Topliss-reactive ketones (excluding diaryl/α,β-unsaturated/α-hetero) is 1. The van der Waals surface area contributed by atoms with Crippen LogP contribution < -0.4 is 0 Å². The molecule has 0 radical (unpaired) electrons. The standard InChI is InChI=1S/C26H38O8/c1-14-13-16-23(4,12-10-17(27)28)15(22(2,3)32)9-11-24(16,5)18-19(29)34-26(7,21(31)33-8)20(30)25(14,18)6/h15-16,18,32H,1,9-13H2,2-8H3,(H,27,28)/t15-,16+,18-,23+,24-,25-,26-/m0/s1. The van der Waals surface area contributed by atoms with Gasteiger partial charge in [-0.1, -0.05) is 26.0 Å². The van der Waals surface area contributed by atoms with Crippen LogP contribution in [0.1, 0.15) is 73.6 Å². The van der Waals surface area contributed by atoms with Crippen molar-refractivity contribution >= 4 is 23.7 Å². The Morgan fingerprint density at radius 3 is 2.29 bits per heavy atom. The summed E-state index contributed by atoms with van der Waals surface area (Å²) in [5.74, 6) is -4.37. The Balaban J connectivity index is 2.17. The highest BCUT2D eigenvalue weighted by molar-refractivity contribution is 6.15. The fourth-order valence-corrected chi connectivity index (χ4v) is 7.90. The van der Waals surface area contributed by atoms with E-state index in [1.54, 1.807) is 20.8 Å². The summed E-state index contributed by atoms with van der Waals surface area (Å²) in [4.78, 5) is 51.5. The average Bonchev–Trinajstić information content (AvgIpc) is 2.71. The fraction of sp³-hybridized carbons (Fsp3) is 0.769. The van der Waals surface area contributed by atoms with E-state index in [1.807, 2.05) is 13.8 Å². The number of carbonyl (C=O) groups is 4. The van der Waals surface area contributed by atoms with Gasteiger partial charge in [-0.25, -0.2) is 4.79 Å². The lowest BCUT2D eigenvalue weighted by atomic mass is 9.37. The zero-order valence-electron chi connectivity index (χ0n) is 21.3. The van der Waals surface area contributed by atoms with Crippen molar-refractivity contribution in [1.82, 2.24) is 0 Å². The maximum atomic E-state index is 13.8. The molecule has 2 aliphatic carbocycles. The van der Waals surface area contributed by atoms with Crippen LogP contribution in [0.2, 0.25) is 0 Å². The van der Waals surface area contributed by atoms with Gasteiger partial charge in [0, 0.05) is 6.42 Å². The molecule has 1 aliphatic heterocycles. The quantitative estimate of drug-likeness (QED) is 0.350. The van der Waals surface area contributed by atoms with Crippen LogP contribution in [0.3, 0.4) is 0 Å². The van der Waals surface area contributed by atoms with E-state index >= 15 is 0 Å². The molecule has 1 heterocycles. The van der Waals surface area contributed by atoms with Gasteiger partial charge in [-0.05, 0) is 76.0 Å². The van der Waals surface area contributed by atoms with Crippen LogP contribution in [-0.2, 0) is 28.7 Å². The zero-order valence-corrected chi connectivity index (χ0v) is 21.3. The van der Waals surface area contributed by atoms with Gasteiger partial charge in [-0.2, -0.15) is 0 Å². The van der Waals surface area contributed by atoms with Gasteiger partial charge in [0.25, 0.3) is 5.60 Å². The first kappa shape index (κ1) is 26.4. The number of fused-ring (bicyclic) bond motifs is 3. The Morgan fingerprint density at radius 2 is 1.79 bits per heavy atom. The van der Waals surface area contributed by atoms with E-state index in [4.69, 9.17) is 9.47 Å². The molecule has 7 atom stereocenters. The van der Waals surface area contributed by atoms with Gasteiger partial charge in [0.05, 0.1) is 24.0 Å². The van der Waals surface area contributed by atoms with Crippen LogP contribution in [-0.4, -0.2) is 52.2 Å². The number of allylic oxidation sites excluding steroid dienone is 1. The summed E-state index contributed by atoms with van der Waals surface area (Å²) in [6.07, 6.45) is 1.72. The molecule has 0 amide bonds. The van der Waals surface area contributed by atoms with E-state index in [1.165, 1.54) is 6.92 Å². The Bertz CT molecular complexity index is 947. The molecule has 0 aromatic heterocycles. The molecule has 34 heavy (non-hydrogen) atoms. The van der Waals surface area contributed by atoms with Crippen LogP contribution in [0.4, 0.5) is 0 Å². The van der Waals surface area contributed by atoms with Gasteiger partial charge in [-0.3, -0.25) is 14.4 Å².